The molecule has 1 N–H and O–H groups in total. The van der Waals surface area contributed by atoms with Gasteiger partial charge in [-0.25, -0.2) is 9.48 Å². The molecule has 1 aliphatic rings. The molecule has 1 unspecified atom stereocenters. The second-order valence-electron chi connectivity index (χ2n) is 6.30. The molecule has 23 heavy (non-hydrogen) atoms. The number of carbonyl (C=O) groups excluding carboxylic acids is 1. The summed E-state index contributed by atoms with van der Waals surface area (Å²) in [7, 11) is 0. The van der Waals surface area contributed by atoms with Gasteiger partial charge in [-0.1, -0.05) is 25.1 Å². The Kier molecular flexibility index (Phi) is 4.95. The number of amides is 2. The lowest BCUT2D eigenvalue weighted by atomic mass is 10.0. The van der Waals surface area contributed by atoms with Gasteiger partial charge in [0.25, 0.3) is 0 Å². The van der Waals surface area contributed by atoms with Crippen LogP contribution in [0.2, 0.25) is 0 Å². The Hall–Kier alpha value is -2.30. The number of benzene rings is 1. The lowest BCUT2D eigenvalue weighted by Crippen LogP contribution is -2.45. The first-order chi connectivity index (χ1) is 11.2. The number of nitrogens with zero attached hydrogens (tertiary/aromatic N) is 3. The molecule has 0 bridgehead atoms. The molecule has 2 aromatic rings. The van der Waals surface area contributed by atoms with Crippen molar-refractivity contribution in [2.75, 3.05) is 19.6 Å². The lowest BCUT2D eigenvalue weighted by molar-refractivity contribution is 0.170. The van der Waals surface area contributed by atoms with Crippen LogP contribution in [0.4, 0.5) is 4.79 Å². The summed E-state index contributed by atoms with van der Waals surface area (Å²) in [5, 5.41) is 7.40. The second-order valence-corrected chi connectivity index (χ2v) is 6.30. The van der Waals surface area contributed by atoms with Crippen LogP contribution in [0.5, 0.6) is 0 Å². The molecule has 1 aliphatic heterocycles. The number of hydrogen-bond donors (Lipinski definition) is 1. The molecule has 1 fully saturated rings. The van der Waals surface area contributed by atoms with Crippen LogP contribution in [0.1, 0.15) is 25.3 Å². The standard InChI is InChI=1S/C18H24N4O/c1-15-6-5-11-21(13-15)18(23)19-10-9-16-12-20-22(14-16)17-7-3-2-4-8-17/h2-4,7-8,12,14-15H,5-6,9-11,13H2,1H3,(H,19,23). The number of para-hydroxylation sites is 1. The van der Waals surface area contributed by atoms with Crippen molar-refractivity contribution in [1.82, 2.24) is 20.0 Å². The SMILES string of the molecule is CC1CCCN(C(=O)NCCc2cnn(-c3ccccc3)c2)C1. The Labute approximate surface area is 137 Å². The number of nitrogens with one attached hydrogen (secondary N) is 1. The van der Waals surface area contributed by atoms with Gasteiger partial charge < -0.3 is 10.2 Å². The fourth-order valence-electron chi connectivity index (χ4n) is 3.01. The van der Waals surface area contributed by atoms with Crippen molar-refractivity contribution in [1.29, 1.82) is 0 Å². The van der Waals surface area contributed by atoms with E-state index in [1.807, 2.05) is 52.3 Å². The summed E-state index contributed by atoms with van der Waals surface area (Å²) in [6, 6.07) is 10.1. The van der Waals surface area contributed by atoms with Gasteiger partial charge in [0.2, 0.25) is 0 Å². The summed E-state index contributed by atoms with van der Waals surface area (Å²) in [4.78, 5) is 14.1. The minimum Gasteiger partial charge on any atom is -0.338 e. The highest BCUT2D eigenvalue weighted by molar-refractivity contribution is 5.74. The van der Waals surface area contributed by atoms with Crippen LogP contribution in [-0.2, 0) is 6.42 Å². The van der Waals surface area contributed by atoms with Crippen molar-refractivity contribution < 1.29 is 4.79 Å². The van der Waals surface area contributed by atoms with E-state index in [1.54, 1.807) is 0 Å². The van der Waals surface area contributed by atoms with E-state index in [4.69, 9.17) is 0 Å². The van der Waals surface area contributed by atoms with E-state index >= 15 is 0 Å². The van der Waals surface area contributed by atoms with E-state index in [-0.39, 0.29) is 6.03 Å². The lowest BCUT2D eigenvalue weighted by Gasteiger charge is -2.30. The molecule has 2 amide bonds. The highest BCUT2D eigenvalue weighted by Crippen LogP contribution is 2.15. The summed E-state index contributed by atoms with van der Waals surface area (Å²) < 4.78 is 1.86. The van der Waals surface area contributed by atoms with E-state index in [0.29, 0.717) is 12.5 Å². The van der Waals surface area contributed by atoms with E-state index < -0.39 is 0 Å². The second kappa shape index (κ2) is 7.31. The van der Waals surface area contributed by atoms with Crippen molar-refractivity contribution in [2.45, 2.75) is 26.2 Å². The zero-order valence-electron chi connectivity index (χ0n) is 13.6. The maximum Gasteiger partial charge on any atom is 0.317 e. The quantitative estimate of drug-likeness (QED) is 0.944. The molecule has 122 valence electrons. The summed E-state index contributed by atoms with van der Waals surface area (Å²) in [5.41, 5.74) is 2.17. The molecule has 1 aromatic carbocycles. The summed E-state index contributed by atoms with van der Waals surface area (Å²) in [5.74, 6) is 0.610. The molecule has 0 radical (unpaired) electrons. The van der Waals surface area contributed by atoms with Gasteiger partial charge in [-0.05, 0) is 42.9 Å². The number of likely N-dealkylation sites (tertiary alicyclic amines) is 1. The summed E-state index contributed by atoms with van der Waals surface area (Å²) in [6.07, 6.45) is 7.01. The highest BCUT2D eigenvalue weighted by atomic mass is 16.2. The van der Waals surface area contributed by atoms with Crippen LogP contribution in [0.25, 0.3) is 5.69 Å². The maximum absolute atomic E-state index is 12.2. The fraction of sp³-hybridized carbons (Fsp3) is 0.444. The number of rotatable bonds is 4. The van der Waals surface area contributed by atoms with Crippen molar-refractivity contribution in [3.8, 4) is 5.69 Å². The van der Waals surface area contributed by atoms with E-state index in [0.717, 1.165) is 37.2 Å². The number of hydrogen-bond acceptors (Lipinski definition) is 2. The van der Waals surface area contributed by atoms with Gasteiger partial charge in [0.1, 0.15) is 0 Å². The predicted molar refractivity (Wildman–Crippen MR) is 90.6 cm³/mol. The van der Waals surface area contributed by atoms with Gasteiger partial charge in [0.05, 0.1) is 11.9 Å². The molecule has 0 aliphatic carbocycles. The van der Waals surface area contributed by atoms with Crippen LogP contribution in [-0.4, -0.2) is 40.3 Å². The summed E-state index contributed by atoms with van der Waals surface area (Å²) >= 11 is 0. The Morgan fingerprint density at radius 2 is 2.17 bits per heavy atom. The monoisotopic (exact) mass is 312 g/mol. The molecule has 5 nitrogen and oxygen atoms in total. The third kappa shape index (κ3) is 4.12. The smallest absolute Gasteiger partial charge is 0.317 e. The first-order valence-corrected chi connectivity index (χ1v) is 8.34. The van der Waals surface area contributed by atoms with Crippen LogP contribution in [0, 0.1) is 5.92 Å². The Balaban J connectivity index is 1.47. The van der Waals surface area contributed by atoms with Crippen LogP contribution in [0.3, 0.4) is 0 Å². The maximum atomic E-state index is 12.2. The predicted octanol–water partition coefficient (Wildman–Crippen LogP) is 2.86. The number of aromatic nitrogens is 2. The molecule has 3 rings (SSSR count). The third-order valence-electron chi connectivity index (χ3n) is 4.29. The molecule has 0 saturated carbocycles. The largest absolute Gasteiger partial charge is 0.338 e. The van der Waals surface area contributed by atoms with Crippen LogP contribution in [0.15, 0.2) is 42.7 Å². The van der Waals surface area contributed by atoms with Gasteiger partial charge in [-0.2, -0.15) is 5.10 Å². The van der Waals surface area contributed by atoms with Crippen molar-refractivity contribution in [2.24, 2.45) is 5.92 Å². The van der Waals surface area contributed by atoms with Crippen LogP contribution >= 0.6 is 0 Å². The van der Waals surface area contributed by atoms with Crippen molar-refractivity contribution >= 4 is 6.03 Å². The topological polar surface area (TPSA) is 50.2 Å². The Morgan fingerprint density at radius 3 is 2.96 bits per heavy atom. The number of piperidine rings is 1. The van der Waals surface area contributed by atoms with Gasteiger partial charge in [0.15, 0.2) is 0 Å². The Morgan fingerprint density at radius 1 is 1.35 bits per heavy atom. The molecule has 2 heterocycles. The molecule has 1 aromatic heterocycles. The first-order valence-electron chi connectivity index (χ1n) is 8.34. The molecule has 1 saturated heterocycles. The van der Waals surface area contributed by atoms with E-state index in [2.05, 4.69) is 17.3 Å². The van der Waals surface area contributed by atoms with Crippen molar-refractivity contribution in [3.63, 3.8) is 0 Å². The first kappa shape index (κ1) is 15.6. The van der Waals surface area contributed by atoms with E-state index in [9.17, 15) is 4.79 Å². The molecular formula is C18H24N4O. The van der Waals surface area contributed by atoms with Gasteiger partial charge in [-0.3, -0.25) is 0 Å². The zero-order chi connectivity index (χ0) is 16.1. The minimum atomic E-state index is 0.0620. The number of urea groups is 1. The average Bonchev–Trinajstić information content (AvgIpc) is 3.04. The zero-order valence-corrected chi connectivity index (χ0v) is 13.6. The third-order valence-corrected chi connectivity index (χ3v) is 4.29. The summed E-state index contributed by atoms with van der Waals surface area (Å²) in [6.45, 7) is 4.60. The fourth-order valence-corrected chi connectivity index (χ4v) is 3.01. The Bertz CT molecular complexity index is 637. The minimum absolute atomic E-state index is 0.0620. The molecular weight excluding hydrogens is 288 g/mol. The van der Waals surface area contributed by atoms with Gasteiger partial charge >= 0.3 is 6.03 Å². The van der Waals surface area contributed by atoms with Gasteiger partial charge in [0, 0.05) is 25.8 Å². The van der Waals surface area contributed by atoms with E-state index in [1.165, 1.54) is 6.42 Å². The van der Waals surface area contributed by atoms with Crippen molar-refractivity contribution in [3.05, 3.63) is 48.3 Å². The molecule has 0 spiro atoms. The molecule has 1 atom stereocenters. The van der Waals surface area contributed by atoms with Gasteiger partial charge in [-0.15, -0.1) is 0 Å². The number of carbonyl (C=O) groups is 1. The average molecular weight is 312 g/mol. The normalized spacial score (nSPS) is 18.0. The molecule has 5 heteroatoms. The highest BCUT2D eigenvalue weighted by Gasteiger charge is 2.20. The van der Waals surface area contributed by atoms with Crippen LogP contribution < -0.4 is 5.32 Å².